The van der Waals surface area contributed by atoms with Gasteiger partial charge in [-0.15, -0.1) is 0 Å². The summed E-state index contributed by atoms with van der Waals surface area (Å²) in [5.74, 6) is 0.326. The second-order valence-electron chi connectivity index (χ2n) is 5.62. The number of pyridine rings is 1. The van der Waals surface area contributed by atoms with Gasteiger partial charge < -0.3 is 15.7 Å². The predicted molar refractivity (Wildman–Crippen MR) is 83.0 cm³/mol. The van der Waals surface area contributed by atoms with Crippen LogP contribution in [0, 0.1) is 0 Å². The molecule has 0 saturated heterocycles. The third-order valence-electron chi connectivity index (χ3n) is 4.06. The molecule has 22 heavy (non-hydrogen) atoms. The number of carbonyl (C=O) groups excluding carboxylic acids is 1. The number of carbonyl (C=O) groups is 1. The van der Waals surface area contributed by atoms with Crippen molar-refractivity contribution >= 4 is 5.91 Å². The number of phenolic OH excluding ortho intramolecular Hbond substituents is 1. The molecule has 2 aromatic rings. The Bertz CT molecular complexity index is 673. The minimum absolute atomic E-state index is 0.0510. The van der Waals surface area contributed by atoms with E-state index in [0.717, 1.165) is 23.1 Å². The molecule has 1 aliphatic rings. The number of phenols is 1. The van der Waals surface area contributed by atoms with E-state index in [1.54, 1.807) is 24.5 Å². The molecule has 0 saturated carbocycles. The molecule has 114 valence electrons. The van der Waals surface area contributed by atoms with E-state index < -0.39 is 0 Å². The van der Waals surface area contributed by atoms with Crippen LogP contribution in [0.5, 0.6) is 5.75 Å². The fraction of sp³-hybridized carbons (Fsp3) is 0.294. The van der Waals surface area contributed by atoms with Crippen molar-refractivity contribution in [1.82, 2.24) is 9.88 Å². The summed E-state index contributed by atoms with van der Waals surface area (Å²) in [5, 5.41) is 9.51. The number of fused-ring (bicyclic) bond motifs is 1. The van der Waals surface area contributed by atoms with Crippen molar-refractivity contribution in [2.75, 3.05) is 6.54 Å². The van der Waals surface area contributed by atoms with E-state index in [1.807, 2.05) is 23.1 Å². The van der Waals surface area contributed by atoms with Crippen LogP contribution in [0.3, 0.4) is 0 Å². The van der Waals surface area contributed by atoms with Gasteiger partial charge in [0.15, 0.2) is 0 Å². The summed E-state index contributed by atoms with van der Waals surface area (Å²) >= 11 is 0. The van der Waals surface area contributed by atoms with Gasteiger partial charge in [-0.05, 0) is 41.3 Å². The SMILES string of the molecule is N[C@H](CC(=O)N1CCc2cc(O)ccc2C1)c1cccnc1. The number of hydrogen-bond acceptors (Lipinski definition) is 4. The lowest BCUT2D eigenvalue weighted by Crippen LogP contribution is -2.37. The molecular weight excluding hydrogens is 278 g/mol. The number of hydrogen-bond donors (Lipinski definition) is 2. The largest absolute Gasteiger partial charge is 0.508 e. The summed E-state index contributed by atoms with van der Waals surface area (Å²) in [6.07, 6.45) is 4.43. The van der Waals surface area contributed by atoms with Crippen molar-refractivity contribution in [1.29, 1.82) is 0 Å². The van der Waals surface area contributed by atoms with Crippen molar-refractivity contribution in [2.24, 2.45) is 5.73 Å². The van der Waals surface area contributed by atoms with E-state index >= 15 is 0 Å². The summed E-state index contributed by atoms with van der Waals surface area (Å²) in [7, 11) is 0. The quantitative estimate of drug-likeness (QED) is 0.905. The van der Waals surface area contributed by atoms with Gasteiger partial charge in [0.05, 0.1) is 0 Å². The molecule has 0 spiro atoms. The number of benzene rings is 1. The summed E-state index contributed by atoms with van der Waals surface area (Å²) < 4.78 is 0. The van der Waals surface area contributed by atoms with E-state index in [-0.39, 0.29) is 24.1 Å². The number of amides is 1. The third kappa shape index (κ3) is 3.09. The van der Waals surface area contributed by atoms with Crippen molar-refractivity contribution in [2.45, 2.75) is 25.4 Å². The maximum atomic E-state index is 12.4. The van der Waals surface area contributed by atoms with Crippen LogP contribution in [0.4, 0.5) is 0 Å². The Morgan fingerprint density at radius 3 is 3.00 bits per heavy atom. The van der Waals surface area contributed by atoms with E-state index in [9.17, 15) is 9.90 Å². The van der Waals surface area contributed by atoms with Crippen LogP contribution >= 0.6 is 0 Å². The average Bonchev–Trinajstić information content (AvgIpc) is 2.55. The van der Waals surface area contributed by atoms with Gasteiger partial charge in [0, 0.05) is 37.9 Å². The van der Waals surface area contributed by atoms with Crippen LogP contribution < -0.4 is 5.73 Å². The van der Waals surface area contributed by atoms with Crippen LogP contribution in [0.25, 0.3) is 0 Å². The Morgan fingerprint density at radius 2 is 2.23 bits per heavy atom. The molecule has 0 unspecified atom stereocenters. The second kappa shape index (κ2) is 6.15. The van der Waals surface area contributed by atoms with Crippen LogP contribution in [0.15, 0.2) is 42.7 Å². The predicted octanol–water partition coefficient (Wildman–Crippen LogP) is 1.76. The fourth-order valence-corrected chi connectivity index (χ4v) is 2.78. The van der Waals surface area contributed by atoms with Crippen LogP contribution in [-0.2, 0) is 17.8 Å². The zero-order valence-electron chi connectivity index (χ0n) is 12.3. The molecule has 0 aliphatic carbocycles. The number of rotatable bonds is 3. The van der Waals surface area contributed by atoms with Gasteiger partial charge in [-0.2, -0.15) is 0 Å². The Labute approximate surface area is 129 Å². The minimum Gasteiger partial charge on any atom is -0.508 e. The Hall–Kier alpha value is -2.40. The van der Waals surface area contributed by atoms with E-state index in [0.29, 0.717) is 13.1 Å². The summed E-state index contributed by atoms with van der Waals surface area (Å²) in [6, 6.07) is 8.70. The standard InChI is InChI=1S/C17H19N3O2/c18-16(13-2-1-6-19-10-13)9-17(22)20-7-5-12-8-15(21)4-3-14(12)11-20/h1-4,6,8,10,16,21H,5,7,9,11,18H2/t16-/m1/s1. The highest BCUT2D eigenvalue weighted by molar-refractivity contribution is 5.77. The molecular formula is C17H19N3O2. The highest BCUT2D eigenvalue weighted by Crippen LogP contribution is 2.24. The van der Waals surface area contributed by atoms with Gasteiger partial charge in [-0.3, -0.25) is 9.78 Å². The van der Waals surface area contributed by atoms with Gasteiger partial charge in [0.25, 0.3) is 0 Å². The topological polar surface area (TPSA) is 79.5 Å². The number of aromatic hydroxyl groups is 1. The molecule has 5 heteroatoms. The number of nitrogens with two attached hydrogens (primary N) is 1. The summed E-state index contributed by atoms with van der Waals surface area (Å²) in [6.45, 7) is 1.24. The van der Waals surface area contributed by atoms with Gasteiger partial charge in [0.2, 0.25) is 5.91 Å². The molecule has 5 nitrogen and oxygen atoms in total. The first-order valence-corrected chi connectivity index (χ1v) is 7.37. The molecule has 0 bridgehead atoms. The first-order valence-electron chi connectivity index (χ1n) is 7.37. The van der Waals surface area contributed by atoms with Crippen LogP contribution in [-0.4, -0.2) is 27.4 Å². The number of aromatic nitrogens is 1. The van der Waals surface area contributed by atoms with E-state index in [4.69, 9.17) is 5.73 Å². The van der Waals surface area contributed by atoms with Gasteiger partial charge >= 0.3 is 0 Å². The lowest BCUT2D eigenvalue weighted by atomic mass is 9.98. The molecule has 1 aliphatic heterocycles. The van der Waals surface area contributed by atoms with Crippen molar-refractivity contribution < 1.29 is 9.90 Å². The Morgan fingerprint density at radius 1 is 1.36 bits per heavy atom. The van der Waals surface area contributed by atoms with E-state index in [2.05, 4.69) is 4.98 Å². The maximum absolute atomic E-state index is 12.4. The van der Waals surface area contributed by atoms with Crippen molar-refractivity contribution in [3.8, 4) is 5.75 Å². The average molecular weight is 297 g/mol. The van der Waals surface area contributed by atoms with Gasteiger partial charge in [-0.1, -0.05) is 12.1 Å². The van der Waals surface area contributed by atoms with Gasteiger partial charge in [-0.25, -0.2) is 0 Å². The first-order chi connectivity index (χ1) is 10.6. The normalized spacial score (nSPS) is 15.2. The molecule has 0 fully saturated rings. The monoisotopic (exact) mass is 297 g/mol. The molecule has 1 atom stereocenters. The maximum Gasteiger partial charge on any atom is 0.224 e. The van der Waals surface area contributed by atoms with Crippen LogP contribution in [0.1, 0.15) is 29.2 Å². The highest BCUT2D eigenvalue weighted by atomic mass is 16.3. The minimum atomic E-state index is -0.331. The molecule has 0 radical (unpaired) electrons. The summed E-state index contributed by atoms with van der Waals surface area (Å²) in [5.41, 5.74) is 9.17. The van der Waals surface area contributed by atoms with Crippen molar-refractivity contribution in [3.63, 3.8) is 0 Å². The fourth-order valence-electron chi connectivity index (χ4n) is 2.78. The molecule has 3 N–H and O–H groups in total. The number of nitrogens with zero attached hydrogens (tertiary/aromatic N) is 2. The highest BCUT2D eigenvalue weighted by Gasteiger charge is 2.22. The molecule has 1 aromatic carbocycles. The lowest BCUT2D eigenvalue weighted by Gasteiger charge is -2.30. The lowest BCUT2D eigenvalue weighted by molar-refractivity contribution is -0.132. The molecule has 1 aromatic heterocycles. The Balaban J connectivity index is 1.65. The zero-order chi connectivity index (χ0) is 15.5. The van der Waals surface area contributed by atoms with Crippen molar-refractivity contribution in [3.05, 3.63) is 59.4 Å². The first kappa shape index (κ1) is 14.5. The zero-order valence-corrected chi connectivity index (χ0v) is 12.3. The van der Waals surface area contributed by atoms with Gasteiger partial charge in [0.1, 0.15) is 5.75 Å². The van der Waals surface area contributed by atoms with E-state index in [1.165, 1.54) is 0 Å². The molecule has 3 rings (SSSR count). The molecule has 2 heterocycles. The Kier molecular flexibility index (Phi) is 4.06. The third-order valence-corrected chi connectivity index (χ3v) is 4.06. The smallest absolute Gasteiger partial charge is 0.224 e. The van der Waals surface area contributed by atoms with Crippen LogP contribution in [0.2, 0.25) is 0 Å². The second-order valence-corrected chi connectivity index (χ2v) is 5.62. The molecule has 1 amide bonds. The summed E-state index contributed by atoms with van der Waals surface area (Å²) in [4.78, 5) is 18.3.